The van der Waals surface area contributed by atoms with Crippen molar-refractivity contribution in [1.82, 2.24) is 9.55 Å². The molecule has 0 saturated carbocycles. The van der Waals surface area contributed by atoms with Gasteiger partial charge in [0.1, 0.15) is 0 Å². The van der Waals surface area contributed by atoms with Crippen LogP contribution in [-0.2, 0) is 6.54 Å². The highest BCUT2D eigenvalue weighted by Crippen LogP contribution is 2.04. The number of nitrogens with zero attached hydrogens (tertiary/aromatic N) is 2. The second-order valence-corrected chi connectivity index (χ2v) is 2.86. The van der Waals surface area contributed by atoms with Crippen LogP contribution >= 0.6 is 11.6 Å². The van der Waals surface area contributed by atoms with Gasteiger partial charge in [0.2, 0.25) is 5.82 Å². The van der Waals surface area contributed by atoms with Gasteiger partial charge in [0, 0.05) is 24.5 Å². The molecule has 0 aliphatic heterocycles. The third-order valence-corrected chi connectivity index (χ3v) is 1.89. The molecule has 1 heterocycles. The van der Waals surface area contributed by atoms with Gasteiger partial charge in [0.15, 0.2) is 0 Å². The van der Waals surface area contributed by atoms with Crippen LogP contribution < -0.4 is 0 Å². The lowest BCUT2D eigenvalue weighted by Gasteiger charge is -2.03. The fourth-order valence-corrected chi connectivity index (χ4v) is 1.01. The third kappa shape index (κ3) is 2.32. The van der Waals surface area contributed by atoms with Crippen LogP contribution in [0.3, 0.4) is 0 Å². The summed E-state index contributed by atoms with van der Waals surface area (Å²) in [5, 5.41) is 8.70. The highest BCUT2D eigenvalue weighted by atomic mass is 35.5. The Morgan fingerprint density at radius 2 is 2.54 bits per heavy atom. The molecule has 4 nitrogen and oxygen atoms in total. The van der Waals surface area contributed by atoms with E-state index in [1.54, 1.807) is 6.20 Å². The molecule has 0 atom stereocenters. The smallest absolute Gasteiger partial charge is 0.372 e. The molecule has 0 amide bonds. The summed E-state index contributed by atoms with van der Waals surface area (Å²) in [4.78, 5) is 14.3. The number of aromatic carboxylic acids is 1. The maximum Gasteiger partial charge on any atom is 0.372 e. The molecule has 13 heavy (non-hydrogen) atoms. The first-order valence-corrected chi connectivity index (χ1v) is 4.09. The van der Waals surface area contributed by atoms with E-state index in [9.17, 15) is 4.79 Å². The van der Waals surface area contributed by atoms with E-state index < -0.39 is 5.97 Å². The van der Waals surface area contributed by atoms with Crippen molar-refractivity contribution in [3.8, 4) is 0 Å². The van der Waals surface area contributed by atoms with Crippen molar-refractivity contribution < 1.29 is 9.90 Å². The van der Waals surface area contributed by atoms with E-state index in [2.05, 4.69) is 4.98 Å². The van der Waals surface area contributed by atoms with Crippen molar-refractivity contribution in [2.75, 3.05) is 0 Å². The molecule has 0 fully saturated rings. The van der Waals surface area contributed by atoms with Crippen LogP contribution in [0.15, 0.2) is 23.5 Å². The zero-order valence-electron chi connectivity index (χ0n) is 7.07. The fraction of sp³-hybridized carbons (Fsp3) is 0.250. The Bertz CT molecular complexity index is 344. The molecule has 0 bridgehead atoms. The normalized spacial score (nSPS) is 11.7. The summed E-state index contributed by atoms with van der Waals surface area (Å²) in [7, 11) is 0. The number of carbonyl (C=O) groups is 1. The summed E-state index contributed by atoms with van der Waals surface area (Å²) < 4.78 is 1.52. The average molecular weight is 201 g/mol. The van der Waals surface area contributed by atoms with Crippen LogP contribution in [0.25, 0.3) is 0 Å². The van der Waals surface area contributed by atoms with Crippen molar-refractivity contribution in [3.63, 3.8) is 0 Å². The summed E-state index contributed by atoms with van der Waals surface area (Å²) >= 11 is 5.46. The second kappa shape index (κ2) is 4.09. The molecule has 1 aromatic heterocycles. The van der Waals surface area contributed by atoms with E-state index >= 15 is 0 Å². The molecule has 0 radical (unpaired) electrons. The van der Waals surface area contributed by atoms with E-state index in [0.29, 0.717) is 6.54 Å². The van der Waals surface area contributed by atoms with Crippen LogP contribution in [0.5, 0.6) is 0 Å². The first-order valence-electron chi connectivity index (χ1n) is 3.65. The van der Waals surface area contributed by atoms with Crippen LogP contribution in [0.4, 0.5) is 0 Å². The molecule has 0 spiro atoms. The van der Waals surface area contributed by atoms with Crippen LogP contribution in [0.1, 0.15) is 17.5 Å². The average Bonchev–Trinajstić information content (AvgIpc) is 2.52. The fourth-order valence-electron chi connectivity index (χ4n) is 0.938. The van der Waals surface area contributed by atoms with Gasteiger partial charge in [-0.15, -0.1) is 0 Å². The molecule has 0 saturated heterocycles. The monoisotopic (exact) mass is 200 g/mol. The van der Waals surface area contributed by atoms with Crippen molar-refractivity contribution in [1.29, 1.82) is 0 Å². The van der Waals surface area contributed by atoms with Crippen LogP contribution in [0.2, 0.25) is 0 Å². The maximum atomic E-state index is 10.6. The van der Waals surface area contributed by atoms with E-state index in [0.717, 1.165) is 5.57 Å². The number of hydrogen-bond acceptors (Lipinski definition) is 2. The van der Waals surface area contributed by atoms with Gasteiger partial charge in [0.05, 0.1) is 0 Å². The minimum atomic E-state index is -1.03. The number of carboxylic acid groups (broad SMARTS) is 1. The van der Waals surface area contributed by atoms with Gasteiger partial charge < -0.3 is 9.67 Å². The van der Waals surface area contributed by atoms with Crippen molar-refractivity contribution in [3.05, 3.63) is 29.3 Å². The number of carboxylic acids is 1. The first kappa shape index (κ1) is 9.80. The lowest BCUT2D eigenvalue weighted by molar-refractivity contribution is 0.0679. The number of rotatable bonds is 3. The summed E-state index contributed by atoms with van der Waals surface area (Å²) in [5.74, 6) is -1.01. The summed E-state index contributed by atoms with van der Waals surface area (Å²) in [5.41, 5.74) is 2.30. The SMILES string of the molecule is C/C(=C/Cl)Cn1ccnc1C(=O)O. The third-order valence-electron chi connectivity index (χ3n) is 1.51. The predicted octanol–water partition coefficient (Wildman–Crippen LogP) is 1.72. The van der Waals surface area contributed by atoms with Crippen molar-refractivity contribution in [2.45, 2.75) is 13.5 Å². The zero-order chi connectivity index (χ0) is 9.84. The molecule has 1 aromatic rings. The lowest BCUT2D eigenvalue weighted by atomic mass is 10.3. The molecular formula is C8H9ClN2O2. The largest absolute Gasteiger partial charge is 0.475 e. The number of hydrogen-bond donors (Lipinski definition) is 1. The van der Waals surface area contributed by atoms with Crippen molar-refractivity contribution >= 4 is 17.6 Å². The summed E-state index contributed by atoms with van der Waals surface area (Å²) in [6.45, 7) is 2.27. The van der Waals surface area contributed by atoms with E-state index in [4.69, 9.17) is 16.7 Å². The van der Waals surface area contributed by atoms with Crippen LogP contribution in [0, 0.1) is 0 Å². The standard InChI is InChI=1S/C8H9ClN2O2/c1-6(4-9)5-11-3-2-10-7(11)8(12)13/h2-4H,5H2,1H3,(H,12,13)/b6-4-. The Labute approximate surface area is 80.5 Å². The van der Waals surface area contributed by atoms with E-state index in [1.165, 1.54) is 16.3 Å². The molecule has 0 aliphatic carbocycles. The predicted molar refractivity (Wildman–Crippen MR) is 48.8 cm³/mol. The molecule has 1 N–H and O–H groups in total. The van der Waals surface area contributed by atoms with Gasteiger partial charge in [-0.2, -0.15) is 0 Å². The number of allylic oxidation sites excluding steroid dienone is 1. The molecule has 5 heteroatoms. The Morgan fingerprint density at radius 3 is 3.08 bits per heavy atom. The van der Waals surface area contributed by atoms with Gasteiger partial charge in [-0.1, -0.05) is 11.6 Å². The molecule has 70 valence electrons. The number of aromatic nitrogens is 2. The Kier molecular flexibility index (Phi) is 3.08. The Morgan fingerprint density at radius 1 is 1.85 bits per heavy atom. The van der Waals surface area contributed by atoms with E-state index in [-0.39, 0.29) is 5.82 Å². The molecule has 0 unspecified atom stereocenters. The minimum Gasteiger partial charge on any atom is -0.475 e. The van der Waals surface area contributed by atoms with Gasteiger partial charge in [-0.3, -0.25) is 0 Å². The zero-order valence-corrected chi connectivity index (χ0v) is 7.82. The maximum absolute atomic E-state index is 10.6. The highest BCUT2D eigenvalue weighted by Gasteiger charge is 2.09. The Hall–Kier alpha value is -1.29. The lowest BCUT2D eigenvalue weighted by Crippen LogP contribution is -2.09. The minimum absolute atomic E-state index is 0.0258. The highest BCUT2D eigenvalue weighted by molar-refractivity contribution is 6.25. The molecule has 0 aliphatic rings. The second-order valence-electron chi connectivity index (χ2n) is 2.64. The summed E-state index contributed by atoms with van der Waals surface area (Å²) in [6, 6.07) is 0. The molecule has 1 rings (SSSR count). The van der Waals surface area contributed by atoms with Crippen molar-refractivity contribution in [2.24, 2.45) is 0 Å². The number of imidazole rings is 1. The van der Waals surface area contributed by atoms with Gasteiger partial charge in [-0.05, 0) is 12.5 Å². The summed E-state index contributed by atoms with van der Waals surface area (Å²) in [6.07, 6.45) is 3.05. The van der Waals surface area contributed by atoms with E-state index in [1.807, 2.05) is 6.92 Å². The molecular weight excluding hydrogens is 192 g/mol. The van der Waals surface area contributed by atoms with Gasteiger partial charge in [0.25, 0.3) is 0 Å². The van der Waals surface area contributed by atoms with Gasteiger partial charge in [-0.25, -0.2) is 9.78 Å². The number of halogens is 1. The topological polar surface area (TPSA) is 55.1 Å². The van der Waals surface area contributed by atoms with Gasteiger partial charge >= 0.3 is 5.97 Å². The first-order chi connectivity index (χ1) is 6.15. The Balaban J connectivity index is 2.89. The molecule has 0 aromatic carbocycles. The van der Waals surface area contributed by atoms with Crippen LogP contribution in [-0.4, -0.2) is 20.6 Å². The quantitative estimate of drug-likeness (QED) is 0.809.